The van der Waals surface area contributed by atoms with E-state index in [1.54, 1.807) is 0 Å². The molecule has 4 N–H and O–H groups in total. The van der Waals surface area contributed by atoms with Crippen LogP contribution in [0, 0.1) is 0 Å². The quantitative estimate of drug-likeness (QED) is 0.633. The van der Waals surface area contributed by atoms with Crippen molar-refractivity contribution in [3.8, 4) is 0 Å². The largest absolute Gasteiger partial charge is 0.393 e. The number of hydrogen-bond acceptors (Lipinski definition) is 6. The second-order valence-electron chi connectivity index (χ2n) is 4.89. The highest BCUT2D eigenvalue weighted by Gasteiger charge is 2.43. The van der Waals surface area contributed by atoms with Gasteiger partial charge in [-0.3, -0.25) is 4.57 Å². The maximum absolute atomic E-state index is 14.5. The minimum atomic E-state index is -2.10. The Morgan fingerprint density at radius 2 is 2.29 bits per heavy atom. The van der Waals surface area contributed by atoms with Gasteiger partial charge < -0.3 is 20.7 Å². The molecule has 0 saturated heterocycles. The van der Waals surface area contributed by atoms with Crippen molar-refractivity contribution in [2.24, 2.45) is 0 Å². The Kier molecular flexibility index (Phi) is 6.25. The first-order chi connectivity index (χ1) is 9.91. The molecule has 0 spiro atoms. The van der Waals surface area contributed by atoms with Gasteiger partial charge in [-0.15, -0.1) is 0 Å². The van der Waals surface area contributed by atoms with Crippen molar-refractivity contribution >= 4 is 5.82 Å². The normalized spacial score (nSPS) is 17.2. The zero-order chi connectivity index (χ0) is 16.0. The highest BCUT2D eigenvalue weighted by atomic mass is 19.1. The molecular weight excluding hydrogens is 281 g/mol. The molecule has 1 rings (SSSR count). The lowest BCUT2D eigenvalue weighted by Crippen LogP contribution is -2.51. The number of anilines is 1. The molecule has 0 aliphatic carbocycles. The van der Waals surface area contributed by atoms with Crippen LogP contribution in [0.3, 0.4) is 0 Å². The highest BCUT2D eigenvalue weighted by Crippen LogP contribution is 2.29. The van der Waals surface area contributed by atoms with E-state index >= 15 is 0 Å². The molecule has 0 aliphatic rings. The first kappa shape index (κ1) is 17.5. The van der Waals surface area contributed by atoms with Crippen molar-refractivity contribution in [3.63, 3.8) is 0 Å². The predicted octanol–water partition coefficient (Wildman–Crippen LogP) is 0.222. The van der Waals surface area contributed by atoms with Gasteiger partial charge in [0.1, 0.15) is 17.5 Å². The van der Waals surface area contributed by atoms with Crippen LogP contribution in [-0.4, -0.2) is 45.2 Å². The van der Waals surface area contributed by atoms with Gasteiger partial charge in [0.2, 0.25) is 6.30 Å². The minimum Gasteiger partial charge on any atom is -0.393 e. The number of aromatic nitrogens is 2. The first-order valence-corrected chi connectivity index (χ1v) is 6.74. The average Bonchev–Trinajstić information content (AvgIpc) is 2.48. The van der Waals surface area contributed by atoms with E-state index in [4.69, 9.17) is 10.5 Å². The number of nitrogen functional groups attached to an aromatic ring is 1. The number of alkyl halides is 1. The lowest BCUT2D eigenvalue weighted by Gasteiger charge is -2.36. The molecule has 21 heavy (non-hydrogen) atoms. The van der Waals surface area contributed by atoms with Gasteiger partial charge in [-0.1, -0.05) is 19.8 Å². The number of aliphatic hydroxyl groups excluding tert-OH is 2. The smallest absolute Gasteiger partial charge is 0.351 e. The number of rotatable bonds is 8. The fourth-order valence-electron chi connectivity index (χ4n) is 2.10. The van der Waals surface area contributed by atoms with Gasteiger partial charge >= 0.3 is 5.69 Å². The van der Waals surface area contributed by atoms with Crippen molar-refractivity contribution in [2.45, 2.75) is 44.2 Å². The van der Waals surface area contributed by atoms with Crippen molar-refractivity contribution in [3.05, 3.63) is 22.7 Å². The maximum atomic E-state index is 14.5. The third-order valence-corrected chi connectivity index (χ3v) is 3.54. The number of halogens is 1. The van der Waals surface area contributed by atoms with E-state index in [0.29, 0.717) is 11.0 Å². The molecule has 1 aromatic heterocycles. The molecule has 0 bridgehead atoms. The molecule has 120 valence electrons. The second kappa shape index (κ2) is 7.48. The summed E-state index contributed by atoms with van der Waals surface area (Å²) in [5.41, 5.74) is 2.94. The average molecular weight is 303 g/mol. The molecule has 0 fully saturated rings. The van der Waals surface area contributed by atoms with Crippen LogP contribution in [0.2, 0.25) is 0 Å². The van der Waals surface area contributed by atoms with Crippen LogP contribution < -0.4 is 11.4 Å². The third-order valence-electron chi connectivity index (χ3n) is 3.54. The Hall–Kier alpha value is -1.51. The molecule has 8 heteroatoms. The van der Waals surface area contributed by atoms with Crippen LogP contribution in [0.1, 0.15) is 32.5 Å². The Bertz CT molecular complexity index is 504. The van der Waals surface area contributed by atoms with Crippen molar-refractivity contribution in [1.29, 1.82) is 0 Å². The van der Waals surface area contributed by atoms with Crippen LogP contribution in [-0.2, 0) is 4.74 Å². The van der Waals surface area contributed by atoms with E-state index in [-0.39, 0.29) is 12.2 Å². The molecule has 0 unspecified atom stereocenters. The van der Waals surface area contributed by atoms with Gasteiger partial charge in [0.25, 0.3) is 0 Å². The van der Waals surface area contributed by atoms with Gasteiger partial charge in [0.15, 0.2) is 0 Å². The number of unbranched alkanes of at least 4 members (excludes halogenated alkanes) is 1. The predicted molar refractivity (Wildman–Crippen MR) is 75.4 cm³/mol. The summed E-state index contributed by atoms with van der Waals surface area (Å²) < 4.78 is 20.2. The van der Waals surface area contributed by atoms with Crippen LogP contribution in [0.5, 0.6) is 0 Å². The summed E-state index contributed by atoms with van der Waals surface area (Å²) in [6, 6.07) is 1.25. The number of ether oxygens (including phenoxy) is 1. The summed E-state index contributed by atoms with van der Waals surface area (Å²) >= 11 is 0. The van der Waals surface area contributed by atoms with E-state index in [1.165, 1.54) is 13.2 Å². The van der Waals surface area contributed by atoms with Gasteiger partial charge in [-0.25, -0.2) is 9.18 Å². The Morgan fingerprint density at radius 1 is 1.62 bits per heavy atom. The Morgan fingerprint density at radius 3 is 2.76 bits per heavy atom. The van der Waals surface area contributed by atoms with Gasteiger partial charge in [0, 0.05) is 13.3 Å². The monoisotopic (exact) mass is 303 g/mol. The number of hydrogen-bond donors (Lipinski definition) is 3. The number of nitrogens with zero attached hydrogens (tertiary/aromatic N) is 2. The van der Waals surface area contributed by atoms with E-state index in [0.717, 1.165) is 12.6 Å². The van der Waals surface area contributed by atoms with Crippen molar-refractivity contribution in [2.75, 3.05) is 19.5 Å². The molecule has 3 atom stereocenters. The van der Waals surface area contributed by atoms with Gasteiger partial charge in [-0.2, -0.15) is 4.98 Å². The summed E-state index contributed by atoms with van der Waals surface area (Å²) in [4.78, 5) is 15.0. The SMILES string of the molecule is CCCC[C@](CO)(OC)[C@@H](O)[C@@H](F)n1ccc(N)nc1=O. The zero-order valence-corrected chi connectivity index (χ0v) is 12.2. The molecule has 0 saturated carbocycles. The third kappa shape index (κ3) is 3.78. The fourth-order valence-corrected chi connectivity index (χ4v) is 2.10. The summed E-state index contributed by atoms with van der Waals surface area (Å²) in [6.45, 7) is 1.35. The Balaban J connectivity index is 3.07. The topological polar surface area (TPSA) is 111 Å². The standard InChI is InChI=1S/C13H22FN3O4/c1-3-4-6-13(8-18,21-2)10(19)11(14)17-7-5-9(15)16-12(17)20/h5,7,10-11,18-19H,3-4,6,8H2,1-2H3,(H2,15,16,20)/t10-,11-,13+/m0/s1. The van der Waals surface area contributed by atoms with Gasteiger partial charge in [0.05, 0.1) is 6.61 Å². The van der Waals surface area contributed by atoms with E-state index in [9.17, 15) is 19.4 Å². The molecule has 0 radical (unpaired) electrons. The summed E-state index contributed by atoms with van der Waals surface area (Å²) in [5.74, 6) is -0.0379. The number of nitrogens with two attached hydrogens (primary N) is 1. The van der Waals surface area contributed by atoms with Crippen LogP contribution in [0.15, 0.2) is 17.1 Å². The summed E-state index contributed by atoms with van der Waals surface area (Å²) in [5, 5.41) is 19.7. The summed E-state index contributed by atoms with van der Waals surface area (Å²) in [6.07, 6.45) is -1.03. The molecular formula is C13H22FN3O4. The van der Waals surface area contributed by atoms with E-state index in [1.807, 2.05) is 6.92 Å². The van der Waals surface area contributed by atoms with E-state index < -0.39 is 30.3 Å². The lowest BCUT2D eigenvalue weighted by molar-refractivity contribution is -0.168. The van der Waals surface area contributed by atoms with Crippen LogP contribution in [0.25, 0.3) is 0 Å². The molecule has 0 amide bonds. The Labute approximate surface area is 122 Å². The highest BCUT2D eigenvalue weighted by molar-refractivity contribution is 5.23. The molecule has 1 aromatic rings. The molecule has 0 aromatic carbocycles. The maximum Gasteiger partial charge on any atom is 0.351 e. The van der Waals surface area contributed by atoms with Gasteiger partial charge in [-0.05, 0) is 12.5 Å². The molecule has 1 heterocycles. The lowest BCUT2D eigenvalue weighted by atomic mass is 9.90. The number of aliphatic hydroxyl groups is 2. The summed E-state index contributed by atoms with van der Waals surface area (Å²) in [7, 11) is 1.28. The first-order valence-electron chi connectivity index (χ1n) is 6.74. The zero-order valence-electron chi connectivity index (χ0n) is 12.2. The molecule has 0 aliphatic heterocycles. The number of methoxy groups -OCH3 is 1. The second-order valence-corrected chi connectivity index (χ2v) is 4.89. The fraction of sp³-hybridized carbons (Fsp3) is 0.692. The molecule has 7 nitrogen and oxygen atoms in total. The van der Waals surface area contributed by atoms with Crippen molar-refractivity contribution in [1.82, 2.24) is 9.55 Å². The van der Waals surface area contributed by atoms with Crippen molar-refractivity contribution < 1.29 is 19.3 Å². The van der Waals surface area contributed by atoms with E-state index in [2.05, 4.69) is 4.98 Å². The van der Waals surface area contributed by atoms with Crippen LogP contribution in [0.4, 0.5) is 10.2 Å². The van der Waals surface area contributed by atoms with Crippen LogP contribution >= 0.6 is 0 Å². The minimum absolute atomic E-state index is 0.0379.